The van der Waals surface area contributed by atoms with Gasteiger partial charge in [0.1, 0.15) is 23.7 Å². The van der Waals surface area contributed by atoms with Gasteiger partial charge in [0.05, 0.1) is 63.6 Å². The standard InChI is InChI=1S/C25H42N4O9.2C10H18N2O3/c1-5-17-20(37-11-6-8-28-22(31)12-19(27)25(33)34)14-24(35-4)38-21(17)15-36-10-7-9-29(3)23(32)13-18(26)16(2)30;1-10(2,3)4-5-12-8(13)6-7(11)9(14)15;1-8(13)9(11)7-10(14)12(2)5-4-6-15-3/h6-9,17-21,24H,5,10-15,26-27H2,1-4H3,(H,28,31)(H,33,34);4-5,7H,6,11H2,1-3H3,(H,12,13)(H,14,15);4-5,9H,6-7,11H2,1-3H3/b8-6+,9-7+;2*5-4+/t17-,18?,19?,20+,21?,24+;7-;/m00./s1. The molecule has 1 saturated heterocycles. The van der Waals surface area contributed by atoms with Crippen LogP contribution in [0.25, 0.3) is 0 Å². The summed E-state index contributed by atoms with van der Waals surface area (Å²) in [5.41, 5.74) is 21.6. The molecular formula is C45H78N8O15. The van der Waals surface area contributed by atoms with E-state index in [1.165, 1.54) is 36.0 Å². The van der Waals surface area contributed by atoms with Gasteiger partial charge in [-0.3, -0.25) is 38.4 Å². The number of carboxylic acids is 2. The second-order valence-electron chi connectivity index (χ2n) is 16.7. The van der Waals surface area contributed by atoms with Crippen molar-refractivity contribution in [3.63, 3.8) is 0 Å². The Kier molecular flexibility index (Phi) is 34.2. The monoisotopic (exact) mass is 971 g/mol. The van der Waals surface area contributed by atoms with Gasteiger partial charge in [-0.25, -0.2) is 0 Å². The zero-order chi connectivity index (χ0) is 52.6. The molecule has 0 aromatic rings. The average Bonchev–Trinajstić information content (AvgIpc) is 3.25. The second-order valence-corrected chi connectivity index (χ2v) is 16.7. The van der Waals surface area contributed by atoms with Gasteiger partial charge in [-0.2, -0.15) is 0 Å². The van der Waals surface area contributed by atoms with Crippen LogP contribution >= 0.6 is 0 Å². The second kappa shape index (κ2) is 35.8. The number of carboxylic acid groups (broad SMARTS) is 2. The van der Waals surface area contributed by atoms with Crippen LogP contribution in [-0.4, -0.2) is 165 Å². The Morgan fingerprint density at radius 2 is 1.19 bits per heavy atom. The summed E-state index contributed by atoms with van der Waals surface area (Å²) in [5, 5.41) is 22.1. The van der Waals surface area contributed by atoms with E-state index in [0.29, 0.717) is 13.0 Å². The van der Waals surface area contributed by atoms with Crippen molar-refractivity contribution in [2.75, 3.05) is 54.7 Å². The van der Waals surface area contributed by atoms with Crippen molar-refractivity contribution in [3.05, 3.63) is 49.1 Å². The number of ketones is 2. The fourth-order valence-corrected chi connectivity index (χ4v) is 5.31. The summed E-state index contributed by atoms with van der Waals surface area (Å²) in [6.07, 6.45) is 12.7. The number of hydrogen-bond acceptors (Lipinski definition) is 17. The van der Waals surface area contributed by atoms with Gasteiger partial charge < -0.3 is 77.3 Å². The number of rotatable bonds is 27. The van der Waals surface area contributed by atoms with E-state index in [1.807, 2.05) is 33.8 Å². The summed E-state index contributed by atoms with van der Waals surface area (Å²) in [6, 6.07) is -3.93. The Labute approximate surface area is 399 Å². The number of allylic oxidation sites excluding steroid dienone is 1. The third kappa shape index (κ3) is 31.7. The van der Waals surface area contributed by atoms with Gasteiger partial charge in [0.25, 0.3) is 0 Å². The SMILES string of the molecule is CC(C)(C)/C=C/NC(=O)C[C@H](N)C(=O)O.CC[C@@H]1C(COC/C=C/N(C)C(=O)CC(N)C(C)=O)O[C@@H](OC)C[C@H]1OC/C=C/NC(=O)CC(N)C(=O)O.COC/C=C/N(C)C(=O)CC(N)C(C)=O. The molecule has 23 heteroatoms. The molecule has 0 saturated carbocycles. The minimum absolute atomic E-state index is 0.0256. The summed E-state index contributed by atoms with van der Waals surface area (Å²) in [6.45, 7) is 11.9. The van der Waals surface area contributed by atoms with Crippen LogP contribution in [0.4, 0.5) is 0 Å². The Hall–Kier alpha value is -5.24. The Morgan fingerprint density at radius 3 is 1.60 bits per heavy atom. The first-order chi connectivity index (χ1) is 31.7. The summed E-state index contributed by atoms with van der Waals surface area (Å²) in [4.78, 5) is 92.2. The highest BCUT2D eigenvalue weighted by atomic mass is 16.7. The molecule has 0 aromatic heterocycles. The number of aliphatic carboxylic acids is 2. The first kappa shape index (κ1) is 64.8. The van der Waals surface area contributed by atoms with Gasteiger partial charge in [0, 0.05) is 78.3 Å². The highest BCUT2D eigenvalue weighted by molar-refractivity contribution is 5.89. The number of nitrogens with zero attached hydrogens (tertiary/aromatic N) is 2. The van der Waals surface area contributed by atoms with Crippen LogP contribution in [0.3, 0.4) is 0 Å². The smallest absolute Gasteiger partial charge is 0.321 e. The Balaban J connectivity index is 0. The fourth-order valence-electron chi connectivity index (χ4n) is 5.31. The van der Waals surface area contributed by atoms with Gasteiger partial charge in [0.15, 0.2) is 6.29 Å². The number of hydrogen-bond donors (Lipinski definition) is 8. The molecule has 68 heavy (non-hydrogen) atoms. The minimum Gasteiger partial charge on any atom is -0.480 e. The van der Waals surface area contributed by atoms with Crippen LogP contribution in [-0.2, 0) is 62.0 Å². The highest BCUT2D eigenvalue weighted by Crippen LogP contribution is 2.31. The maximum Gasteiger partial charge on any atom is 0.321 e. The molecule has 0 radical (unpaired) electrons. The number of nitrogens with one attached hydrogen (secondary N) is 2. The molecular weight excluding hydrogens is 893 g/mol. The number of methoxy groups -OCH3 is 2. The van der Waals surface area contributed by atoms with Gasteiger partial charge in [0.2, 0.25) is 23.6 Å². The maximum atomic E-state index is 12.1. The summed E-state index contributed by atoms with van der Waals surface area (Å²) >= 11 is 0. The van der Waals surface area contributed by atoms with E-state index in [-0.39, 0.29) is 92.4 Å². The van der Waals surface area contributed by atoms with Crippen molar-refractivity contribution < 1.29 is 72.3 Å². The number of Topliss-reactive ketones (excluding diaryl/α,β-unsaturated/α-hetero) is 2. The normalized spacial score (nSPS) is 18.9. The summed E-state index contributed by atoms with van der Waals surface area (Å²) in [7, 11) is 6.31. The predicted octanol–water partition coefficient (Wildman–Crippen LogP) is 0.262. The zero-order valence-corrected chi connectivity index (χ0v) is 41.2. The molecule has 23 nitrogen and oxygen atoms in total. The minimum atomic E-state index is -1.26. The predicted molar refractivity (Wildman–Crippen MR) is 251 cm³/mol. The lowest BCUT2D eigenvalue weighted by Crippen LogP contribution is -2.47. The van der Waals surface area contributed by atoms with Crippen molar-refractivity contribution in [1.29, 1.82) is 0 Å². The van der Waals surface area contributed by atoms with Crippen LogP contribution < -0.4 is 33.6 Å². The van der Waals surface area contributed by atoms with Crippen molar-refractivity contribution in [1.82, 2.24) is 20.4 Å². The van der Waals surface area contributed by atoms with E-state index in [1.54, 1.807) is 58.9 Å². The third-order valence-corrected chi connectivity index (χ3v) is 9.52. The van der Waals surface area contributed by atoms with E-state index in [2.05, 4.69) is 10.6 Å². The molecule has 1 rings (SSSR count). The van der Waals surface area contributed by atoms with Gasteiger partial charge in [-0.05, 0) is 43.9 Å². The van der Waals surface area contributed by atoms with Crippen molar-refractivity contribution in [2.24, 2.45) is 34.3 Å². The fraction of sp³-hybridized carbons (Fsp3) is 0.644. The number of amides is 4. The van der Waals surface area contributed by atoms with Crippen molar-refractivity contribution in [2.45, 2.75) is 123 Å². The van der Waals surface area contributed by atoms with Crippen LogP contribution in [0.15, 0.2) is 49.1 Å². The molecule has 0 aromatic carbocycles. The molecule has 1 aliphatic rings. The number of nitrogens with two attached hydrogens (primary N) is 4. The van der Waals surface area contributed by atoms with E-state index in [4.69, 9.17) is 56.8 Å². The summed E-state index contributed by atoms with van der Waals surface area (Å²) < 4.78 is 28.0. The molecule has 12 N–H and O–H groups in total. The topological polar surface area (TPSA) is 358 Å². The van der Waals surface area contributed by atoms with E-state index in [9.17, 15) is 38.4 Å². The van der Waals surface area contributed by atoms with Crippen molar-refractivity contribution in [3.8, 4) is 0 Å². The largest absolute Gasteiger partial charge is 0.480 e. The molecule has 4 amide bonds. The first-order valence-electron chi connectivity index (χ1n) is 21.8. The third-order valence-electron chi connectivity index (χ3n) is 9.52. The Morgan fingerprint density at radius 1 is 0.721 bits per heavy atom. The molecule has 0 aliphatic carbocycles. The lowest BCUT2D eigenvalue weighted by molar-refractivity contribution is -0.242. The molecule has 8 atom stereocenters. The van der Waals surface area contributed by atoms with Crippen LogP contribution in [0.1, 0.15) is 80.1 Å². The van der Waals surface area contributed by atoms with Crippen LogP contribution in [0, 0.1) is 11.3 Å². The molecule has 1 fully saturated rings. The Bertz CT molecular complexity index is 1700. The van der Waals surface area contributed by atoms with Gasteiger partial charge >= 0.3 is 11.9 Å². The summed E-state index contributed by atoms with van der Waals surface area (Å²) in [5.74, 6) is -4.18. The molecule has 388 valence electrons. The van der Waals surface area contributed by atoms with Crippen LogP contribution in [0.2, 0.25) is 0 Å². The highest BCUT2D eigenvalue weighted by Gasteiger charge is 2.38. The lowest BCUT2D eigenvalue weighted by Gasteiger charge is -2.40. The number of carbonyl (C=O) groups excluding carboxylic acids is 6. The molecule has 0 spiro atoms. The number of carbonyl (C=O) groups is 8. The zero-order valence-electron chi connectivity index (χ0n) is 41.2. The van der Waals surface area contributed by atoms with E-state index < -0.39 is 54.2 Å². The first-order valence-corrected chi connectivity index (χ1v) is 21.8. The lowest BCUT2D eigenvalue weighted by atomic mass is 9.88. The molecule has 1 aliphatic heterocycles. The average molecular weight is 971 g/mol. The molecule has 1 heterocycles. The van der Waals surface area contributed by atoms with Gasteiger partial charge in [-0.15, -0.1) is 0 Å². The van der Waals surface area contributed by atoms with Gasteiger partial charge in [-0.1, -0.05) is 33.8 Å². The number of ether oxygens (including phenoxy) is 5. The van der Waals surface area contributed by atoms with E-state index >= 15 is 0 Å². The van der Waals surface area contributed by atoms with E-state index in [0.717, 1.165) is 6.42 Å². The van der Waals surface area contributed by atoms with Crippen LogP contribution in [0.5, 0.6) is 0 Å². The maximum absolute atomic E-state index is 12.1. The quantitative estimate of drug-likeness (QED) is 0.0512. The van der Waals surface area contributed by atoms with Crippen molar-refractivity contribution >= 4 is 47.1 Å². The molecule has 0 bridgehead atoms. The molecule has 4 unspecified atom stereocenters.